The number of hydrogen-bond donors (Lipinski definition) is 1. The van der Waals surface area contributed by atoms with Gasteiger partial charge in [-0.05, 0) is 43.7 Å². The molecule has 2 N–H and O–H groups in total. The summed E-state index contributed by atoms with van der Waals surface area (Å²) in [6.45, 7) is 2.22. The second-order valence-electron chi connectivity index (χ2n) is 5.42. The summed E-state index contributed by atoms with van der Waals surface area (Å²) in [4.78, 5) is 0.884. The number of thiocarbonyl (C=S) groups is 1. The smallest absolute Gasteiger partial charge is 0.252 e. The lowest BCUT2D eigenvalue weighted by atomic mass is 9.87. The molecule has 1 aromatic heterocycles. The Bertz CT molecular complexity index is 587. The van der Waals surface area contributed by atoms with Gasteiger partial charge in [0.05, 0.1) is 4.88 Å². The van der Waals surface area contributed by atoms with Crippen LogP contribution in [0.15, 0.2) is 16.3 Å². The van der Waals surface area contributed by atoms with Crippen LogP contribution in [0.1, 0.15) is 37.5 Å². The molecule has 1 heterocycles. The Kier molecular flexibility index (Phi) is 4.84. The zero-order valence-electron chi connectivity index (χ0n) is 11.7. The number of hydrogen-bond acceptors (Lipinski definition) is 4. The van der Waals surface area contributed by atoms with Crippen LogP contribution in [0, 0.1) is 5.92 Å². The maximum Gasteiger partial charge on any atom is 0.252 e. The van der Waals surface area contributed by atoms with Crippen LogP contribution in [0.5, 0.6) is 0 Å². The van der Waals surface area contributed by atoms with Crippen LogP contribution in [0.25, 0.3) is 0 Å². The van der Waals surface area contributed by atoms with Crippen molar-refractivity contribution in [1.82, 2.24) is 4.31 Å². The summed E-state index contributed by atoms with van der Waals surface area (Å²) < 4.78 is 27.0. The van der Waals surface area contributed by atoms with Crippen LogP contribution >= 0.6 is 23.6 Å². The molecular weight excluding hydrogens is 312 g/mol. The Morgan fingerprint density at radius 1 is 1.35 bits per heavy atom. The first-order valence-electron chi connectivity index (χ1n) is 6.70. The second kappa shape index (κ2) is 6.09. The predicted molar refractivity (Wildman–Crippen MR) is 86.6 cm³/mol. The fourth-order valence-electron chi connectivity index (χ4n) is 2.54. The molecule has 0 atom stereocenters. The Morgan fingerprint density at radius 3 is 2.45 bits per heavy atom. The summed E-state index contributed by atoms with van der Waals surface area (Å²) in [7, 11) is -1.76. The van der Waals surface area contributed by atoms with E-state index in [0.29, 0.717) is 15.0 Å². The molecule has 7 heteroatoms. The molecule has 0 radical (unpaired) electrons. The molecule has 0 spiro atoms. The second-order valence-corrected chi connectivity index (χ2v) is 9.17. The van der Waals surface area contributed by atoms with Gasteiger partial charge in [-0.25, -0.2) is 8.42 Å². The number of nitrogens with zero attached hydrogens (tertiary/aromatic N) is 1. The molecule has 1 aliphatic carbocycles. The normalized spacial score (nSPS) is 23.9. The molecule has 4 nitrogen and oxygen atoms in total. The fraction of sp³-hybridized carbons (Fsp3) is 0.615. The summed E-state index contributed by atoms with van der Waals surface area (Å²) in [5, 5.41) is 0. The van der Waals surface area contributed by atoms with Crippen molar-refractivity contribution in [1.29, 1.82) is 0 Å². The zero-order valence-corrected chi connectivity index (χ0v) is 14.2. The van der Waals surface area contributed by atoms with Crippen LogP contribution in [-0.2, 0) is 10.0 Å². The van der Waals surface area contributed by atoms with Crippen LogP contribution < -0.4 is 5.73 Å². The van der Waals surface area contributed by atoms with Gasteiger partial charge in [0, 0.05) is 13.1 Å². The van der Waals surface area contributed by atoms with Gasteiger partial charge in [0.2, 0.25) is 0 Å². The zero-order chi connectivity index (χ0) is 14.9. The van der Waals surface area contributed by atoms with E-state index < -0.39 is 10.0 Å². The summed E-state index contributed by atoms with van der Waals surface area (Å²) in [6.07, 6.45) is 4.05. The Balaban J connectivity index is 2.18. The monoisotopic (exact) mass is 332 g/mol. The first kappa shape index (κ1) is 15.9. The van der Waals surface area contributed by atoms with Crippen molar-refractivity contribution in [2.75, 3.05) is 7.05 Å². The van der Waals surface area contributed by atoms with Gasteiger partial charge in [-0.1, -0.05) is 19.1 Å². The number of nitrogens with two attached hydrogens (primary N) is 1. The highest BCUT2D eigenvalue weighted by molar-refractivity contribution is 7.91. The Labute approximate surface area is 130 Å². The highest BCUT2D eigenvalue weighted by Gasteiger charge is 2.31. The van der Waals surface area contributed by atoms with E-state index in [1.165, 1.54) is 4.31 Å². The molecule has 20 heavy (non-hydrogen) atoms. The third-order valence-electron chi connectivity index (χ3n) is 3.96. The molecule has 1 aromatic rings. The molecule has 0 bridgehead atoms. The van der Waals surface area contributed by atoms with Crippen molar-refractivity contribution in [3.63, 3.8) is 0 Å². The van der Waals surface area contributed by atoms with Crippen molar-refractivity contribution in [3.8, 4) is 0 Å². The lowest BCUT2D eigenvalue weighted by Crippen LogP contribution is -2.38. The number of thiophene rings is 1. The van der Waals surface area contributed by atoms with Crippen molar-refractivity contribution in [2.24, 2.45) is 11.7 Å². The van der Waals surface area contributed by atoms with Crippen molar-refractivity contribution in [3.05, 3.63) is 17.0 Å². The summed E-state index contributed by atoms with van der Waals surface area (Å²) in [6, 6.07) is 3.37. The Morgan fingerprint density at radius 2 is 1.95 bits per heavy atom. The fourth-order valence-corrected chi connectivity index (χ4v) is 5.49. The van der Waals surface area contributed by atoms with Crippen LogP contribution in [0.3, 0.4) is 0 Å². The van der Waals surface area contributed by atoms with E-state index in [9.17, 15) is 8.42 Å². The van der Waals surface area contributed by atoms with E-state index in [1.54, 1.807) is 19.2 Å². The highest BCUT2D eigenvalue weighted by atomic mass is 32.2. The average molecular weight is 333 g/mol. The topological polar surface area (TPSA) is 63.4 Å². The number of sulfonamides is 1. The van der Waals surface area contributed by atoms with Crippen molar-refractivity contribution in [2.45, 2.75) is 42.9 Å². The summed E-state index contributed by atoms with van der Waals surface area (Å²) in [5.74, 6) is 0.699. The maximum atomic E-state index is 12.6. The largest absolute Gasteiger partial charge is 0.389 e. The number of rotatable bonds is 4. The lowest BCUT2D eigenvalue weighted by Gasteiger charge is -2.32. The SMILES string of the molecule is CC1CCC(N(C)S(=O)(=O)c2ccc(C(N)=S)s2)CC1. The van der Waals surface area contributed by atoms with Gasteiger partial charge < -0.3 is 5.73 Å². The van der Waals surface area contributed by atoms with Crippen LogP contribution in [-0.4, -0.2) is 30.8 Å². The third-order valence-corrected chi connectivity index (χ3v) is 7.80. The summed E-state index contributed by atoms with van der Waals surface area (Å²) in [5.41, 5.74) is 5.54. The minimum Gasteiger partial charge on any atom is -0.389 e. The predicted octanol–water partition coefficient (Wildman–Crippen LogP) is 2.58. The molecule has 0 amide bonds. The molecular formula is C13H20N2O2S3. The van der Waals surface area contributed by atoms with Gasteiger partial charge in [-0.2, -0.15) is 4.31 Å². The van der Waals surface area contributed by atoms with E-state index >= 15 is 0 Å². The van der Waals surface area contributed by atoms with Gasteiger partial charge in [-0.15, -0.1) is 11.3 Å². The van der Waals surface area contributed by atoms with Crippen LogP contribution in [0.2, 0.25) is 0 Å². The quantitative estimate of drug-likeness (QED) is 0.861. The van der Waals surface area contributed by atoms with E-state index in [-0.39, 0.29) is 11.0 Å². The van der Waals surface area contributed by atoms with E-state index in [4.69, 9.17) is 18.0 Å². The molecule has 0 unspecified atom stereocenters. The molecule has 1 aliphatic rings. The van der Waals surface area contributed by atoms with Gasteiger partial charge in [-0.3, -0.25) is 0 Å². The molecule has 0 aliphatic heterocycles. The minimum absolute atomic E-state index is 0.103. The van der Waals surface area contributed by atoms with E-state index in [1.807, 2.05) is 0 Å². The van der Waals surface area contributed by atoms with Gasteiger partial charge in [0.15, 0.2) is 0 Å². The van der Waals surface area contributed by atoms with E-state index in [2.05, 4.69) is 6.92 Å². The minimum atomic E-state index is -3.43. The van der Waals surface area contributed by atoms with Crippen LogP contribution in [0.4, 0.5) is 0 Å². The van der Waals surface area contributed by atoms with E-state index in [0.717, 1.165) is 37.0 Å². The third kappa shape index (κ3) is 3.21. The standard InChI is InChI=1S/C13H20N2O2S3/c1-9-3-5-10(6-4-9)15(2)20(16,17)12-8-7-11(19-12)13(14)18/h7-10H,3-6H2,1-2H3,(H2,14,18). The Hall–Kier alpha value is -0.500. The first-order chi connectivity index (χ1) is 9.32. The van der Waals surface area contributed by atoms with Crippen molar-refractivity contribution < 1.29 is 8.42 Å². The van der Waals surface area contributed by atoms with Crippen molar-refractivity contribution >= 4 is 38.6 Å². The average Bonchev–Trinajstić information content (AvgIpc) is 2.89. The van der Waals surface area contributed by atoms with Gasteiger partial charge in [0.1, 0.15) is 9.20 Å². The van der Waals surface area contributed by atoms with Gasteiger partial charge in [0.25, 0.3) is 10.0 Å². The molecule has 1 fully saturated rings. The molecule has 0 saturated heterocycles. The summed E-state index contributed by atoms with van der Waals surface area (Å²) >= 11 is 6.03. The van der Waals surface area contributed by atoms with Gasteiger partial charge >= 0.3 is 0 Å². The maximum absolute atomic E-state index is 12.6. The molecule has 1 saturated carbocycles. The molecule has 2 rings (SSSR count). The molecule has 112 valence electrons. The molecule has 0 aromatic carbocycles. The highest BCUT2D eigenvalue weighted by Crippen LogP contribution is 2.31. The lowest BCUT2D eigenvalue weighted by molar-refractivity contribution is 0.246. The first-order valence-corrected chi connectivity index (χ1v) is 9.36.